The Morgan fingerprint density at radius 2 is 2.16 bits per heavy atom. The zero-order valence-corrected chi connectivity index (χ0v) is 10.8. The number of nitriles is 1. The van der Waals surface area contributed by atoms with Crippen molar-refractivity contribution in [2.45, 2.75) is 27.0 Å². The van der Waals surface area contributed by atoms with E-state index in [-0.39, 0.29) is 12.4 Å². The minimum atomic E-state index is -0.377. The highest BCUT2D eigenvalue weighted by atomic mass is 19.1. The van der Waals surface area contributed by atoms with E-state index in [4.69, 9.17) is 5.26 Å². The van der Waals surface area contributed by atoms with Crippen molar-refractivity contribution in [1.29, 1.82) is 5.26 Å². The largest absolute Gasteiger partial charge is 0.392 e. The summed E-state index contributed by atoms with van der Waals surface area (Å²) in [6.07, 6.45) is 0. The maximum Gasteiger partial charge on any atom is 0.123 e. The van der Waals surface area contributed by atoms with Gasteiger partial charge in [-0.25, -0.2) is 4.39 Å². The Kier molecular flexibility index (Phi) is 3.63. The third-order valence-electron chi connectivity index (χ3n) is 3.20. The molecule has 2 rings (SSSR count). The Morgan fingerprint density at radius 1 is 1.42 bits per heavy atom. The van der Waals surface area contributed by atoms with Crippen LogP contribution in [0.2, 0.25) is 0 Å². The molecule has 0 amide bonds. The predicted octanol–water partition coefficient (Wildman–Crippen LogP) is 2.05. The molecule has 0 aliphatic rings. The van der Waals surface area contributed by atoms with Crippen molar-refractivity contribution < 1.29 is 9.50 Å². The third kappa shape index (κ3) is 2.49. The maximum atomic E-state index is 13.3. The van der Waals surface area contributed by atoms with Crippen LogP contribution in [0, 0.1) is 31.0 Å². The van der Waals surface area contributed by atoms with Crippen LogP contribution in [0.5, 0.6) is 0 Å². The van der Waals surface area contributed by atoms with E-state index in [1.165, 1.54) is 18.2 Å². The van der Waals surface area contributed by atoms with Crippen molar-refractivity contribution in [3.05, 3.63) is 52.1 Å². The average molecular weight is 259 g/mol. The van der Waals surface area contributed by atoms with E-state index in [1.54, 1.807) is 4.68 Å². The number of halogens is 1. The zero-order chi connectivity index (χ0) is 14.0. The summed E-state index contributed by atoms with van der Waals surface area (Å²) in [6, 6.07) is 6.11. The first-order chi connectivity index (χ1) is 9.06. The van der Waals surface area contributed by atoms with Gasteiger partial charge in [0.2, 0.25) is 0 Å². The van der Waals surface area contributed by atoms with E-state index in [1.807, 2.05) is 19.9 Å². The molecule has 1 N–H and O–H groups in total. The molecule has 0 saturated carbocycles. The molecule has 0 spiro atoms. The summed E-state index contributed by atoms with van der Waals surface area (Å²) in [5.41, 5.74) is 3.36. The number of aryl methyl sites for hydroxylation is 1. The van der Waals surface area contributed by atoms with Crippen molar-refractivity contribution in [1.82, 2.24) is 9.78 Å². The molecule has 5 heteroatoms. The number of hydrogen-bond acceptors (Lipinski definition) is 3. The molecular weight excluding hydrogens is 245 g/mol. The number of hydrogen-bond donors (Lipinski definition) is 1. The summed E-state index contributed by atoms with van der Waals surface area (Å²) in [6.45, 7) is 3.89. The van der Waals surface area contributed by atoms with Gasteiger partial charge in [0.15, 0.2) is 0 Å². The number of aromatic nitrogens is 2. The van der Waals surface area contributed by atoms with Crippen molar-refractivity contribution in [3.63, 3.8) is 0 Å². The van der Waals surface area contributed by atoms with E-state index in [0.29, 0.717) is 17.7 Å². The summed E-state index contributed by atoms with van der Waals surface area (Å²) in [4.78, 5) is 0. The lowest BCUT2D eigenvalue weighted by Gasteiger charge is -2.07. The van der Waals surface area contributed by atoms with Gasteiger partial charge in [0.05, 0.1) is 30.5 Å². The highest BCUT2D eigenvalue weighted by Crippen LogP contribution is 2.17. The van der Waals surface area contributed by atoms with Crippen LogP contribution in [0.4, 0.5) is 4.39 Å². The second-order valence-electron chi connectivity index (χ2n) is 4.38. The van der Waals surface area contributed by atoms with E-state index >= 15 is 0 Å². The van der Waals surface area contributed by atoms with Crippen LogP contribution < -0.4 is 0 Å². The van der Waals surface area contributed by atoms with E-state index in [0.717, 1.165) is 17.0 Å². The molecule has 98 valence electrons. The highest BCUT2D eigenvalue weighted by Gasteiger charge is 2.12. The first-order valence-electron chi connectivity index (χ1n) is 5.89. The molecule has 2 aromatic rings. The molecule has 4 nitrogen and oxygen atoms in total. The number of nitrogens with zero attached hydrogens (tertiary/aromatic N) is 3. The Hall–Kier alpha value is -2.19. The van der Waals surface area contributed by atoms with Gasteiger partial charge in [-0.1, -0.05) is 0 Å². The van der Waals surface area contributed by atoms with Gasteiger partial charge in [-0.3, -0.25) is 4.68 Å². The summed E-state index contributed by atoms with van der Waals surface area (Å²) in [5, 5.41) is 22.6. The van der Waals surface area contributed by atoms with Gasteiger partial charge in [0, 0.05) is 11.3 Å². The first-order valence-corrected chi connectivity index (χ1v) is 5.89. The molecule has 1 aromatic heterocycles. The number of aliphatic hydroxyl groups is 1. The lowest BCUT2D eigenvalue weighted by Crippen LogP contribution is -2.06. The van der Waals surface area contributed by atoms with Gasteiger partial charge in [-0.15, -0.1) is 0 Å². The van der Waals surface area contributed by atoms with Crippen molar-refractivity contribution >= 4 is 0 Å². The molecule has 19 heavy (non-hydrogen) atoms. The van der Waals surface area contributed by atoms with Gasteiger partial charge >= 0.3 is 0 Å². The van der Waals surface area contributed by atoms with Crippen molar-refractivity contribution in [2.75, 3.05) is 0 Å². The molecule has 0 aliphatic heterocycles. The van der Waals surface area contributed by atoms with Gasteiger partial charge in [-0.2, -0.15) is 10.4 Å². The second-order valence-corrected chi connectivity index (χ2v) is 4.38. The van der Waals surface area contributed by atoms with Gasteiger partial charge < -0.3 is 5.11 Å². The van der Waals surface area contributed by atoms with Crippen LogP contribution in [0.25, 0.3) is 0 Å². The van der Waals surface area contributed by atoms with Crippen LogP contribution in [0.1, 0.15) is 28.1 Å². The summed E-state index contributed by atoms with van der Waals surface area (Å²) in [5.74, 6) is -0.377. The minimum absolute atomic E-state index is 0.0775. The number of rotatable bonds is 3. The fourth-order valence-corrected chi connectivity index (χ4v) is 2.08. The molecule has 0 radical (unpaired) electrons. The summed E-state index contributed by atoms with van der Waals surface area (Å²) < 4.78 is 14.9. The molecule has 0 fully saturated rings. The quantitative estimate of drug-likeness (QED) is 0.917. The lowest BCUT2D eigenvalue weighted by molar-refractivity contribution is 0.280. The normalized spacial score (nSPS) is 10.5. The van der Waals surface area contributed by atoms with Gasteiger partial charge in [-0.05, 0) is 37.6 Å². The van der Waals surface area contributed by atoms with E-state index in [2.05, 4.69) is 5.10 Å². The maximum absolute atomic E-state index is 13.3. The highest BCUT2D eigenvalue weighted by molar-refractivity contribution is 5.38. The fourth-order valence-electron chi connectivity index (χ4n) is 2.08. The topological polar surface area (TPSA) is 61.8 Å². The number of benzene rings is 1. The Balaban J connectivity index is 2.42. The van der Waals surface area contributed by atoms with E-state index in [9.17, 15) is 9.50 Å². The first kappa shape index (κ1) is 13.2. The number of aliphatic hydroxyl groups excluding tert-OH is 1. The molecule has 0 aliphatic carbocycles. The molecular formula is C14H14FN3O. The molecule has 0 atom stereocenters. The second kappa shape index (κ2) is 5.21. The molecule has 1 aromatic carbocycles. The van der Waals surface area contributed by atoms with Gasteiger partial charge in [0.1, 0.15) is 5.82 Å². The Morgan fingerprint density at radius 3 is 2.74 bits per heavy atom. The van der Waals surface area contributed by atoms with E-state index < -0.39 is 0 Å². The molecule has 0 unspecified atom stereocenters. The molecule has 0 saturated heterocycles. The Bertz CT molecular complexity index is 655. The smallest absolute Gasteiger partial charge is 0.123 e. The minimum Gasteiger partial charge on any atom is -0.392 e. The zero-order valence-electron chi connectivity index (χ0n) is 10.8. The van der Waals surface area contributed by atoms with Crippen LogP contribution in [-0.4, -0.2) is 14.9 Å². The Labute approximate surface area is 110 Å². The third-order valence-corrected chi connectivity index (χ3v) is 3.20. The van der Waals surface area contributed by atoms with Crippen LogP contribution in [0.3, 0.4) is 0 Å². The van der Waals surface area contributed by atoms with Crippen molar-refractivity contribution in [2.24, 2.45) is 0 Å². The molecule has 1 heterocycles. The predicted molar refractivity (Wildman–Crippen MR) is 67.8 cm³/mol. The molecule has 0 bridgehead atoms. The van der Waals surface area contributed by atoms with Crippen LogP contribution in [-0.2, 0) is 13.2 Å². The monoisotopic (exact) mass is 259 g/mol. The van der Waals surface area contributed by atoms with Gasteiger partial charge in [0.25, 0.3) is 0 Å². The van der Waals surface area contributed by atoms with Crippen LogP contribution >= 0.6 is 0 Å². The SMILES string of the molecule is Cc1nn(Cc2cc(F)ccc2C#N)c(C)c1CO. The standard InChI is InChI=1S/C14H14FN3O/c1-9-14(8-19)10(2)18(17-9)7-12-5-13(15)4-3-11(12)6-16/h3-5,19H,7-8H2,1-2H3. The van der Waals surface area contributed by atoms with Crippen molar-refractivity contribution in [3.8, 4) is 6.07 Å². The average Bonchev–Trinajstić information content (AvgIpc) is 2.64. The summed E-state index contributed by atoms with van der Waals surface area (Å²) >= 11 is 0. The lowest BCUT2D eigenvalue weighted by atomic mass is 10.1. The fraction of sp³-hybridized carbons (Fsp3) is 0.286. The summed E-state index contributed by atoms with van der Waals surface area (Å²) in [7, 11) is 0. The van der Waals surface area contributed by atoms with Crippen LogP contribution in [0.15, 0.2) is 18.2 Å².